The second-order valence-corrected chi connectivity index (χ2v) is 5.91. The number of fused-ring (bicyclic) bond motifs is 1. The Morgan fingerprint density at radius 3 is 2.64 bits per heavy atom. The number of hydrogen-bond donors (Lipinski definition) is 1. The third-order valence-corrected chi connectivity index (χ3v) is 4.14. The van der Waals surface area contributed by atoms with Crippen molar-refractivity contribution >= 4 is 28.5 Å². The fourth-order valence-corrected chi connectivity index (χ4v) is 2.95. The molecule has 0 aliphatic heterocycles. The predicted molar refractivity (Wildman–Crippen MR) is 86.0 cm³/mol. The number of halogens is 1. The van der Waals surface area contributed by atoms with Crippen molar-refractivity contribution in [2.24, 2.45) is 0 Å². The van der Waals surface area contributed by atoms with Crippen molar-refractivity contribution in [3.8, 4) is 0 Å². The molecule has 0 spiro atoms. The highest BCUT2D eigenvalue weighted by atomic mass is 35.5. The molecule has 0 unspecified atom stereocenters. The topological polar surface area (TPSA) is 55.9 Å². The van der Waals surface area contributed by atoms with Crippen LogP contribution in [0.15, 0.2) is 48.7 Å². The summed E-state index contributed by atoms with van der Waals surface area (Å²) in [5.41, 5.74) is 3.95. The van der Waals surface area contributed by atoms with E-state index in [4.69, 9.17) is 11.6 Å². The van der Waals surface area contributed by atoms with E-state index in [2.05, 4.69) is 4.98 Å². The molecule has 0 saturated heterocycles. The maximum Gasteiger partial charge on any atom is 0.0458 e. The summed E-state index contributed by atoms with van der Waals surface area (Å²) in [5.74, 6) is -1.33. The molecule has 0 aliphatic rings. The minimum absolute atomic E-state index is 0.0669. The van der Waals surface area contributed by atoms with E-state index in [1.807, 2.05) is 55.6 Å². The van der Waals surface area contributed by atoms with Gasteiger partial charge in [0.05, 0.1) is 0 Å². The van der Waals surface area contributed by atoms with Crippen LogP contribution in [0.25, 0.3) is 10.9 Å². The van der Waals surface area contributed by atoms with Crippen LogP contribution < -0.4 is 5.11 Å². The quantitative estimate of drug-likeness (QED) is 0.802. The number of carbonyl (C=O) groups excluding carboxylic acids is 1. The molecule has 0 saturated carbocycles. The maximum atomic E-state index is 11.2. The van der Waals surface area contributed by atoms with Gasteiger partial charge in [0.15, 0.2) is 0 Å². The Morgan fingerprint density at radius 2 is 1.95 bits per heavy atom. The number of nitrogens with one attached hydrogen (secondary N) is 1. The Kier molecular flexibility index (Phi) is 3.90. The molecule has 0 amide bonds. The average Bonchev–Trinajstić information content (AvgIpc) is 2.88. The van der Waals surface area contributed by atoms with Gasteiger partial charge in [0, 0.05) is 34.0 Å². The van der Waals surface area contributed by atoms with Gasteiger partial charge in [-0.05, 0) is 42.7 Å². The average molecular weight is 313 g/mol. The number of aryl methyl sites for hydroxylation is 1. The summed E-state index contributed by atoms with van der Waals surface area (Å²) in [6.07, 6.45) is 1.79. The highest BCUT2D eigenvalue weighted by Gasteiger charge is 2.18. The van der Waals surface area contributed by atoms with E-state index in [0.717, 1.165) is 27.6 Å². The molecular formula is C18H15ClNO2-. The first-order chi connectivity index (χ1) is 10.5. The summed E-state index contributed by atoms with van der Waals surface area (Å²) in [6.45, 7) is 2.00. The van der Waals surface area contributed by atoms with Crippen molar-refractivity contribution in [2.75, 3.05) is 0 Å². The smallest absolute Gasteiger partial charge is 0.0458 e. The van der Waals surface area contributed by atoms with Crippen molar-refractivity contribution < 1.29 is 9.90 Å². The van der Waals surface area contributed by atoms with Crippen LogP contribution in [0.3, 0.4) is 0 Å². The third-order valence-electron chi connectivity index (χ3n) is 3.90. The Morgan fingerprint density at radius 1 is 1.23 bits per heavy atom. The van der Waals surface area contributed by atoms with Crippen LogP contribution >= 0.6 is 11.6 Å². The van der Waals surface area contributed by atoms with Crippen molar-refractivity contribution in [3.05, 3.63) is 70.4 Å². The molecule has 112 valence electrons. The molecule has 2 aromatic carbocycles. The monoisotopic (exact) mass is 312 g/mol. The number of aliphatic carboxylic acids is 1. The van der Waals surface area contributed by atoms with Crippen LogP contribution in [-0.2, 0) is 4.79 Å². The lowest BCUT2D eigenvalue weighted by Crippen LogP contribution is -2.24. The van der Waals surface area contributed by atoms with E-state index in [1.165, 1.54) is 0 Å². The Balaban J connectivity index is 2.13. The van der Waals surface area contributed by atoms with Crippen molar-refractivity contribution in [2.45, 2.75) is 19.3 Å². The number of carboxylic acid groups (broad SMARTS) is 1. The molecule has 1 N–H and O–H groups in total. The standard InChI is InChI=1S/C18H16ClNO2/c1-11-2-4-12(5-3-11)14(9-18(21)22)16-10-20-17-7-6-13(19)8-15(16)17/h2-8,10,14,20H,9H2,1H3,(H,21,22)/p-1/t14-/m1/s1. The van der Waals surface area contributed by atoms with E-state index >= 15 is 0 Å². The molecule has 3 rings (SSSR count). The first-order valence-electron chi connectivity index (χ1n) is 7.07. The van der Waals surface area contributed by atoms with Gasteiger partial charge in [0.1, 0.15) is 0 Å². The molecule has 3 nitrogen and oxygen atoms in total. The highest BCUT2D eigenvalue weighted by molar-refractivity contribution is 6.31. The summed E-state index contributed by atoms with van der Waals surface area (Å²) >= 11 is 6.08. The van der Waals surface area contributed by atoms with Gasteiger partial charge in [-0.3, -0.25) is 0 Å². The summed E-state index contributed by atoms with van der Waals surface area (Å²) in [7, 11) is 0. The molecule has 4 heteroatoms. The molecule has 0 bridgehead atoms. The van der Waals surface area contributed by atoms with Crippen molar-refractivity contribution in [1.29, 1.82) is 0 Å². The molecule has 1 heterocycles. The Hall–Kier alpha value is -2.26. The van der Waals surface area contributed by atoms with Crippen LogP contribution in [0, 0.1) is 6.92 Å². The SMILES string of the molecule is Cc1ccc([C@@H](CC(=O)[O-])c2c[nH]c3ccc(Cl)cc23)cc1. The lowest BCUT2D eigenvalue weighted by Gasteiger charge is -2.18. The number of carbonyl (C=O) groups is 1. The first-order valence-corrected chi connectivity index (χ1v) is 7.45. The van der Waals surface area contributed by atoms with Gasteiger partial charge in [-0.2, -0.15) is 0 Å². The first kappa shape index (κ1) is 14.7. The molecule has 0 aliphatic carbocycles. The number of H-pyrrole nitrogens is 1. The van der Waals surface area contributed by atoms with E-state index in [9.17, 15) is 9.90 Å². The number of carboxylic acids is 1. The third kappa shape index (κ3) is 2.85. The summed E-state index contributed by atoms with van der Waals surface area (Å²) in [4.78, 5) is 14.4. The predicted octanol–water partition coefficient (Wildman–Crippen LogP) is 3.40. The van der Waals surface area contributed by atoms with E-state index in [1.54, 1.807) is 0 Å². The van der Waals surface area contributed by atoms with Gasteiger partial charge in [0.25, 0.3) is 0 Å². The number of benzene rings is 2. The number of rotatable bonds is 4. The zero-order chi connectivity index (χ0) is 15.7. The fraction of sp³-hybridized carbons (Fsp3) is 0.167. The maximum absolute atomic E-state index is 11.2. The lowest BCUT2D eigenvalue weighted by atomic mass is 9.88. The normalized spacial score (nSPS) is 12.5. The van der Waals surface area contributed by atoms with Crippen LogP contribution in [0.2, 0.25) is 5.02 Å². The van der Waals surface area contributed by atoms with Crippen LogP contribution in [0.4, 0.5) is 0 Å². The van der Waals surface area contributed by atoms with Crippen LogP contribution in [0.1, 0.15) is 29.0 Å². The fourth-order valence-electron chi connectivity index (χ4n) is 2.78. The molecule has 0 radical (unpaired) electrons. The summed E-state index contributed by atoms with van der Waals surface area (Å²) in [5, 5.41) is 12.8. The molecule has 0 fully saturated rings. The van der Waals surface area contributed by atoms with Gasteiger partial charge in [0.2, 0.25) is 0 Å². The van der Waals surface area contributed by atoms with Crippen LogP contribution in [0.5, 0.6) is 0 Å². The minimum Gasteiger partial charge on any atom is -0.550 e. The summed E-state index contributed by atoms with van der Waals surface area (Å²) < 4.78 is 0. The highest BCUT2D eigenvalue weighted by Crippen LogP contribution is 2.34. The van der Waals surface area contributed by atoms with Gasteiger partial charge in [-0.25, -0.2) is 0 Å². The van der Waals surface area contributed by atoms with Gasteiger partial charge in [-0.1, -0.05) is 41.4 Å². The van der Waals surface area contributed by atoms with Crippen molar-refractivity contribution in [1.82, 2.24) is 4.98 Å². The zero-order valence-electron chi connectivity index (χ0n) is 12.1. The Labute approximate surface area is 133 Å². The molecule has 3 aromatic rings. The minimum atomic E-state index is -1.07. The molecular weight excluding hydrogens is 298 g/mol. The molecule has 1 atom stereocenters. The largest absolute Gasteiger partial charge is 0.550 e. The number of aromatic nitrogens is 1. The Bertz CT molecular complexity index is 821. The van der Waals surface area contributed by atoms with Gasteiger partial charge < -0.3 is 14.9 Å². The second-order valence-electron chi connectivity index (χ2n) is 5.47. The van der Waals surface area contributed by atoms with E-state index in [-0.39, 0.29) is 12.3 Å². The van der Waals surface area contributed by atoms with E-state index in [0.29, 0.717) is 5.02 Å². The van der Waals surface area contributed by atoms with Gasteiger partial charge >= 0.3 is 0 Å². The van der Waals surface area contributed by atoms with Crippen molar-refractivity contribution in [3.63, 3.8) is 0 Å². The molecule has 1 aromatic heterocycles. The number of aromatic amines is 1. The summed E-state index contributed by atoms with van der Waals surface area (Å²) in [6, 6.07) is 13.5. The van der Waals surface area contributed by atoms with Crippen LogP contribution in [-0.4, -0.2) is 11.0 Å². The van der Waals surface area contributed by atoms with E-state index < -0.39 is 5.97 Å². The second kappa shape index (κ2) is 5.85. The zero-order valence-corrected chi connectivity index (χ0v) is 12.9. The lowest BCUT2D eigenvalue weighted by molar-refractivity contribution is -0.305. The molecule has 22 heavy (non-hydrogen) atoms. The number of hydrogen-bond acceptors (Lipinski definition) is 2. The van der Waals surface area contributed by atoms with Gasteiger partial charge in [-0.15, -0.1) is 0 Å².